The Morgan fingerprint density at radius 3 is 2.50 bits per heavy atom. The lowest BCUT2D eigenvalue weighted by atomic mass is 9.94. The van der Waals surface area contributed by atoms with Crippen LogP contribution in [0.4, 0.5) is 0 Å². The Kier molecular flexibility index (Phi) is 4.52. The van der Waals surface area contributed by atoms with E-state index in [-0.39, 0.29) is 11.9 Å². The molecule has 0 aromatic heterocycles. The number of nitrogens with one attached hydrogen (secondary N) is 1. The van der Waals surface area contributed by atoms with Gasteiger partial charge in [0.1, 0.15) is 0 Å². The van der Waals surface area contributed by atoms with E-state index in [1.165, 1.54) is 0 Å². The Hall–Kier alpha value is -1.32. The molecule has 0 bridgehead atoms. The number of amides is 1. The second kappa shape index (κ2) is 5.68. The van der Waals surface area contributed by atoms with Crippen molar-refractivity contribution >= 4 is 11.9 Å². The molecule has 1 rings (SSSR count). The highest BCUT2D eigenvalue weighted by atomic mass is 16.4. The van der Waals surface area contributed by atoms with Gasteiger partial charge in [0.05, 0.1) is 5.92 Å². The van der Waals surface area contributed by atoms with Crippen LogP contribution in [0.3, 0.4) is 0 Å². The standard InChI is InChI=1S/C12H19NO3/c1-8(9(2)12(15)16)11(14)13-10-6-4-3-5-7-10/h3-4,8-10H,5-7H2,1-2H3,(H,13,14)(H,15,16). The molecule has 2 N–H and O–H groups in total. The zero-order chi connectivity index (χ0) is 12.1. The van der Waals surface area contributed by atoms with Crippen molar-refractivity contribution in [1.82, 2.24) is 5.32 Å². The van der Waals surface area contributed by atoms with E-state index < -0.39 is 17.8 Å². The van der Waals surface area contributed by atoms with Crippen LogP contribution in [-0.2, 0) is 9.59 Å². The monoisotopic (exact) mass is 225 g/mol. The Balaban J connectivity index is 2.45. The molecule has 0 radical (unpaired) electrons. The summed E-state index contributed by atoms with van der Waals surface area (Å²) in [7, 11) is 0. The number of allylic oxidation sites excluding steroid dienone is 1. The third-order valence-corrected chi connectivity index (χ3v) is 3.17. The van der Waals surface area contributed by atoms with E-state index in [4.69, 9.17) is 5.11 Å². The Morgan fingerprint density at radius 1 is 1.31 bits per heavy atom. The highest BCUT2D eigenvalue weighted by molar-refractivity contribution is 5.84. The largest absolute Gasteiger partial charge is 0.481 e. The first kappa shape index (κ1) is 12.7. The first-order chi connectivity index (χ1) is 7.52. The molecule has 1 aliphatic rings. The van der Waals surface area contributed by atoms with Gasteiger partial charge in [-0.15, -0.1) is 0 Å². The molecule has 0 aliphatic heterocycles. The number of aliphatic carboxylic acids is 1. The van der Waals surface area contributed by atoms with Gasteiger partial charge in [0.25, 0.3) is 0 Å². The molecule has 0 heterocycles. The van der Waals surface area contributed by atoms with E-state index in [2.05, 4.69) is 17.5 Å². The van der Waals surface area contributed by atoms with E-state index >= 15 is 0 Å². The molecule has 0 aromatic rings. The van der Waals surface area contributed by atoms with Gasteiger partial charge in [-0.05, 0) is 19.3 Å². The van der Waals surface area contributed by atoms with E-state index in [1.807, 2.05) is 0 Å². The highest BCUT2D eigenvalue weighted by Gasteiger charge is 2.27. The van der Waals surface area contributed by atoms with Crippen molar-refractivity contribution in [3.05, 3.63) is 12.2 Å². The molecule has 0 spiro atoms. The van der Waals surface area contributed by atoms with Gasteiger partial charge >= 0.3 is 5.97 Å². The van der Waals surface area contributed by atoms with Crippen LogP contribution in [0.5, 0.6) is 0 Å². The molecule has 16 heavy (non-hydrogen) atoms. The van der Waals surface area contributed by atoms with Gasteiger partial charge < -0.3 is 10.4 Å². The van der Waals surface area contributed by atoms with Crippen molar-refractivity contribution < 1.29 is 14.7 Å². The number of carbonyl (C=O) groups excluding carboxylic acids is 1. The summed E-state index contributed by atoms with van der Waals surface area (Å²) in [5, 5.41) is 11.7. The fourth-order valence-electron chi connectivity index (χ4n) is 1.70. The molecular formula is C12H19NO3. The number of hydrogen-bond acceptors (Lipinski definition) is 2. The SMILES string of the molecule is CC(C(=O)O)C(C)C(=O)NC1CC=CCC1. The topological polar surface area (TPSA) is 66.4 Å². The van der Waals surface area contributed by atoms with E-state index in [1.54, 1.807) is 13.8 Å². The van der Waals surface area contributed by atoms with Gasteiger partial charge in [-0.1, -0.05) is 26.0 Å². The molecule has 0 fully saturated rings. The molecule has 0 aromatic carbocycles. The number of hydrogen-bond donors (Lipinski definition) is 2. The number of carbonyl (C=O) groups is 2. The van der Waals surface area contributed by atoms with E-state index in [9.17, 15) is 9.59 Å². The summed E-state index contributed by atoms with van der Waals surface area (Å²) in [6.07, 6.45) is 6.93. The van der Waals surface area contributed by atoms with Gasteiger partial charge in [-0.2, -0.15) is 0 Å². The minimum Gasteiger partial charge on any atom is -0.481 e. The average molecular weight is 225 g/mol. The zero-order valence-electron chi connectivity index (χ0n) is 9.77. The van der Waals surface area contributed by atoms with Gasteiger partial charge in [-0.3, -0.25) is 9.59 Å². The van der Waals surface area contributed by atoms with Crippen LogP contribution in [0, 0.1) is 11.8 Å². The zero-order valence-corrected chi connectivity index (χ0v) is 9.77. The molecule has 3 unspecified atom stereocenters. The van der Waals surface area contributed by atoms with Crippen molar-refractivity contribution in [1.29, 1.82) is 0 Å². The summed E-state index contributed by atoms with van der Waals surface area (Å²) >= 11 is 0. The summed E-state index contributed by atoms with van der Waals surface area (Å²) in [5.41, 5.74) is 0. The first-order valence-corrected chi connectivity index (χ1v) is 5.70. The summed E-state index contributed by atoms with van der Waals surface area (Å²) in [6, 6.07) is 0.168. The lowest BCUT2D eigenvalue weighted by Gasteiger charge is -2.23. The Labute approximate surface area is 95.7 Å². The average Bonchev–Trinajstić information content (AvgIpc) is 2.28. The maximum atomic E-state index is 11.8. The van der Waals surface area contributed by atoms with Crippen LogP contribution >= 0.6 is 0 Å². The predicted molar refractivity (Wildman–Crippen MR) is 60.9 cm³/mol. The van der Waals surface area contributed by atoms with Gasteiger partial charge in [0.15, 0.2) is 0 Å². The maximum Gasteiger partial charge on any atom is 0.307 e. The molecule has 0 saturated heterocycles. The normalized spacial score (nSPS) is 23.5. The van der Waals surface area contributed by atoms with Crippen molar-refractivity contribution in [2.24, 2.45) is 11.8 Å². The summed E-state index contributed by atoms with van der Waals surface area (Å²) in [4.78, 5) is 22.5. The van der Waals surface area contributed by atoms with Crippen LogP contribution in [-0.4, -0.2) is 23.0 Å². The first-order valence-electron chi connectivity index (χ1n) is 5.70. The molecule has 4 nitrogen and oxygen atoms in total. The van der Waals surface area contributed by atoms with Crippen LogP contribution in [0.2, 0.25) is 0 Å². The Bertz CT molecular complexity index is 299. The molecule has 1 aliphatic carbocycles. The van der Waals surface area contributed by atoms with Crippen LogP contribution < -0.4 is 5.32 Å². The minimum absolute atomic E-state index is 0.157. The second-order valence-electron chi connectivity index (χ2n) is 4.41. The van der Waals surface area contributed by atoms with Crippen molar-refractivity contribution in [3.8, 4) is 0 Å². The minimum atomic E-state index is -0.925. The fourth-order valence-corrected chi connectivity index (χ4v) is 1.70. The predicted octanol–water partition coefficient (Wildman–Crippen LogP) is 1.57. The molecule has 90 valence electrons. The van der Waals surface area contributed by atoms with E-state index in [0.29, 0.717) is 0 Å². The number of carboxylic acids is 1. The van der Waals surface area contributed by atoms with Crippen LogP contribution in [0.1, 0.15) is 33.1 Å². The van der Waals surface area contributed by atoms with Crippen LogP contribution in [0.25, 0.3) is 0 Å². The molecule has 4 heteroatoms. The highest BCUT2D eigenvalue weighted by Crippen LogP contribution is 2.15. The van der Waals surface area contributed by atoms with E-state index in [0.717, 1.165) is 19.3 Å². The summed E-state index contributed by atoms with van der Waals surface area (Å²) < 4.78 is 0. The smallest absolute Gasteiger partial charge is 0.307 e. The fraction of sp³-hybridized carbons (Fsp3) is 0.667. The maximum absolute atomic E-state index is 11.8. The van der Waals surface area contributed by atoms with Crippen molar-refractivity contribution in [3.63, 3.8) is 0 Å². The van der Waals surface area contributed by atoms with Crippen molar-refractivity contribution in [2.75, 3.05) is 0 Å². The quantitative estimate of drug-likeness (QED) is 0.714. The summed E-state index contributed by atoms with van der Waals surface area (Å²) in [6.45, 7) is 3.22. The number of carboxylic acid groups (broad SMARTS) is 1. The molecule has 3 atom stereocenters. The van der Waals surface area contributed by atoms with Crippen molar-refractivity contribution in [2.45, 2.75) is 39.2 Å². The summed E-state index contributed by atoms with van der Waals surface area (Å²) in [5.74, 6) is -2.20. The molecule has 0 saturated carbocycles. The third-order valence-electron chi connectivity index (χ3n) is 3.17. The lowest BCUT2D eigenvalue weighted by Crippen LogP contribution is -2.41. The van der Waals surface area contributed by atoms with Gasteiger partial charge in [0.2, 0.25) is 5.91 Å². The van der Waals surface area contributed by atoms with Crippen LogP contribution in [0.15, 0.2) is 12.2 Å². The lowest BCUT2D eigenvalue weighted by molar-refractivity contribution is -0.146. The third kappa shape index (κ3) is 3.36. The molecular weight excluding hydrogens is 206 g/mol. The number of rotatable bonds is 4. The second-order valence-corrected chi connectivity index (χ2v) is 4.41. The van der Waals surface area contributed by atoms with Gasteiger partial charge in [0, 0.05) is 12.0 Å². The Morgan fingerprint density at radius 2 is 2.00 bits per heavy atom. The molecule has 1 amide bonds. The van der Waals surface area contributed by atoms with Gasteiger partial charge in [-0.25, -0.2) is 0 Å².